The summed E-state index contributed by atoms with van der Waals surface area (Å²) in [5.41, 5.74) is 0.0707. The zero-order chi connectivity index (χ0) is 15.7. The van der Waals surface area contributed by atoms with E-state index in [0.717, 1.165) is 4.57 Å². The van der Waals surface area contributed by atoms with Crippen LogP contribution in [0.2, 0.25) is 0 Å². The van der Waals surface area contributed by atoms with Crippen LogP contribution in [-0.2, 0) is 4.74 Å². The zero-order valence-electron chi connectivity index (χ0n) is 11.6. The third-order valence-electron chi connectivity index (χ3n) is 3.35. The van der Waals surface area contributed by atoms with Crippen molar-refractivity contribution < 1.29 is 25.2 Å². The van der Waals surface area contributed by atoms with Crippen LogP contribution in [-0.4, -0.2) is 67.3 Å². The molecule has 0 bridgehead atoms. The lowest BCUT2D eigenvalue weighted by Gasteiger charge is -2.40. The molecular weight excluding hydrogens is 300 g/mol. The molecule has 2 heterocycles. The normalized spacial score (nSPS) is 33.1. The van der Waals surface area contributed by atoms with E-state index in [1.165, 1.54) is 17.8 Å². The van der Waals surface area contributed by atoms with Gasteiger partial charge in [0, 0.05) is 11.8 Å². The van der Waals surface area contributed by atoms with Gasteiger partial charge in [0.2, 0.25) is 0 Å². The van der Waals surface area contributed by atoms with Gasteiger partial charge in [-0.2, -0.15) is 0 Å². The van der Waals surface area contributed by atoms with Crippen molar-refractivity contribution in [1.82, 2.24) is 9.55 Å². The van der Waals surface area contributed by atoms with Crippen LogP contribution in [0.5, 0.6) is 0 Å². The number of aliphatic hydroxyl groups is 4. The highest BCUT2D eigenvalue weighted by atomic mass is 32.2. The van der Waals surface area contributed by atoms with E-state index in [0.29, 0.717) is 10.9 Å². The molecule has 0 aliphatic carbocycles. The minimum absolute atomic E-state index is 0.310. The number of aromatic nitrogens is 2. The van der Waals surface area contributed by atoms with Gasteiger partial charge in [0.1, 0.15) is 24.4 Å². The molecule has 0 saturated carbocycles. The number of ether oxygens (including phenoxy) is 1. The van der Waals surface area contributed by atoms with Crippen molar-refractivity contribution in [2.75, 3.05) is 12.9 Å². The smallest absolute Gasteiger partial charge is 0.256 e. The highest BCUT2D eigenvalue weighted by molar-refractivity contribution is 7.98. The quantitative estimate of drug-likeness (QED) is 0.382. The average Bonchev–Trinajstić information content (AvgIpc) is 2.45. The average molecular weight is 318 g/mol. The molecule has 2 rings (SSSR count). The Hall–Kier alpha value is -0.970. The summed E-state index contributed by atoms with van der Waals surface area (Å²) >= 11 is 1.18. The number of thioether (sulfide) groups is 1. The molecule has 0 amide bonds. The van der Waals surface area contributed by atoms with E-state index < -0.39 is 42.8 Å². The van der Waals surface area contributed by atoms with E-state index >= 15 is 0 Å². The Morgan fingerprint density at radius 1 is 1.33 bits per heavy atom. The standard InChI is InChI=1S/C12H18N2O6S/c1-5-3-7(16)14(12(13-5)21-2)11-10(19)9(18)8(17)6(4-15)20-11/h3,6,8-11,15,17-19H,4H2,1-2H3/t6-,8+,9+,10-,11-/m1/s1. The number of aliphatic hydroxyl groups excluding tert-OH is 4. The van der Waals surface area contributed by atoms with E-state index in [9.17, 15) is 25.2 Å². The maximum absolute atomic E-state index is 12.2. The number of hydrogen-bond donors (Lipinski definition) is 4. The third-order valence-corrected chi connectivity index (χ3v) is 4.01. The molecule has 0 spiro atoms. The molecule has 1 fully saturated rings. The van der Waals surface area contributed by atoms with Crippen LogP contribution < -0.4 is 5.56 Å². The van der Waals surface area contributed by atoms with Crippen LogP contribution in [0.3, 0.4) is 0 Å². The van der Waals surface area contributed by atoms with E-state index in [2.05, 4.69) is 4.98 Å². The zero-order valence-corrected chi connectivity index (χ0v) is 12.4. The van der Waals surface area contributed by atoms with Crippen LogP contribution in [0.15, 0.2) is 16.0 Å². The van der Waals surface area contributed by atoms with Crippen molar-refractivity contribution in [1.29, 1.82) is 0 Å². The predicted molar refractivity (Wildman–Crippen MR) is 74.0 cm³/mol. The van der Waals surface area contributed by atoms with Gasteiger partial charge in [-0.25, -0.2) is 4.98 Å². The predicted octanol–water partition coefficient (Wildman–Crippen LogP) is -1.75. The highest BCUT2D eigenvalue weighted by Gasteiger charge is 2.45. The molecule has 9 heteroatoms. The molecule has 1 aliphatic rings. The minimum Gasteiger partial charge on any atom is -0.394 e. The van der Waals surface area contributed by atoms with Crippen LogP contribution in [0.25, 0.3) is 0 Å². The molecular formula is C12H18N2O6S. The van der Waals surface area contributed by atoms with Crippen molar-refractivity contribution in [2.24, 2.45) is 0 Å². The first-order valence-electron chi connectivity index (χ1n) is 6.35. The van der Waals surface area contributed by atoms with Crippen molar-refractivity contribution >= 4 is 11.8 Å². The van der Waals surface area contributed by atoms with Crippen molar-refractivity contribution in [3.63, 3.8) is 0 Å². The highest BCUT2D eigenvalue weighted by Crippen LogP contribution is 2.29. The Labute approximate surface area is 125 Å². The molecule has 1 aromatic rings. The Morgan fingerprint density at radius 3 is 2.57 bits per heavy atom. The third kappa shape index (κ3) is 2.98. The Bertz CT molecular complexity index is 563. The number of nitrogens with zero attached hydrogens (tertiary/aromatic N) is 2. The maximum atomic E-state index is 12.2. The van der Waals surface area contributed by atoms with Gasteiger partial charge in [0.15, 0.2) is 11.4 Å². The van der Waals surface area contributed by atoms with Crippen molar-refractivity contribution in [3.05, 3.63) is 22.1 Å². The van der Waals surface area contributed by atoms with Gasteiger partial charge in [0.05, 0.1) is 6.61 Å². The lowest BCUT2D eigenvalue weighted by atomic mass is 9.98. The minimum atomic E-state index is -1.54. The molecule has 0 aromatic carbocycles. The first kappa shape index (κ1) is 16.4. The van der Waals surface area contributed by atoms with Gasteiger partial charge in [0.25, 0.3) is 5.56 Å². The molecule has 0 unspecified atom stereocenters. The monoisotopic (exact) mass is 318 g/mol. The summed E-state index contributed by atoms with van der Waals surface area (Å²) in [5, 5.41) is 39.1. The Kier molecular flexibility index (Phi) is 5.02. The fraction of sp³-hybridized carbons (Fsp3) is 0.667. The molecule has 5 atom stereocenters. The van der Waals surface area contributed by atoms with Crippen molar-refractivity contribution in [2.45, 2.75) is 42.7 Å². The van der Waals surface area contributed by atoms with Crippen molar-refractivity contribution in [3.8, 4) is 0 Å². The van der Waals surface area contributed by atoms with Crippen LogP contribution >= 0.6 is 11.8 Å². The van der Waals surface area contributed by atoms with E-state index in [1.807, 2.05) is 0 Å². The molecule has 1 aliphatic heterocycles. The maximum Gasteiger partial charge on any atom is 0.256 e. The van der Waals surface area contributed by atoms with Gasteiger partial charge >= 0.3 is 0 Å². The Morgan fingerprint density at radius 2 is 2.00 bits per heavy atom. The summed E-state index contributed by atoms with van der Waals surface area (Å²) < 4.78 is 6.49. The lowest BCUT2D eigenvalue weighted by molar-refractivity contribution is -0.254. The second-order valence-corrected chi connectivity index (χ2v) is 5.59. The summed E-state index contributed by atoms with van der Waals surface area (Å²) in [6.45, 7) is 1.11. The van der Waals surface area contributed by atoms with E-state index in [4.69, 9.17) is 4.74 Å². The van der Waals surface area contributed by atoms with Gasteiger partial charge in [-0.15, -0.1) is 0 Å². The topological polar surface area (TPSA) is 125 Å². The van der Waals surface area contributed by atoms with E-state index in [-0.39, 0.29) is 0 Å². The van der Waals surface area contributed by atoms with Gasteiger partial charge < -0.3 is 25.2 Å². The summed E-state index contributed by atoms with van der Waals surface area (Å²) in [6, 6.07) is 1.28. The van der Waals surface area contributed by atoms with Crippen LogP contribution in [0, 0.1) is 6.92 Å². The first-order chi connectivity index (χ1) is 9.90. The van der Waals surface area contributed by atoms with Crippen LogP contribution in [0.4, 0.5) is 0 Å². The number of rotatable bonds is 3. The molecule has 118 valence electrons. The largest absolute Gasteiger partial charge is 0.394 e. The number of hydrogen-bond acceptors (Lipinski definition) is 8. The molecule has 1 saturated heterocycles. The summed E-state index contributed by atoms with van der Waals surface area (Å²) in [5.74, 6) is 0. The SMILES string of the molecule is CSc1nc(C)cc(=O)n1[C@@H]1O[C@H](CO)[C@H](O)[C@H](O)[C@H]1O. The second-order valence-electron chi connectivity index (χ2n) is 4.81. The molecule has 21 heavy (non-hydrogen) atoms. The van der Waals surface area contributed by atoms with E-state index in [1.54, 1.807) is 13.2 Å². The van der Waals surface area contributed by atoms with Gasteiger partial charge in [-0.3, -0.25) is 9.36 Å². The number of aryl methyl sites for hydroxylation is 1. The summed E-state index contributed by atoms with van der Waals surface area (Å²) in [7, 11) is 0. The van der Waals surface area contributed by atoms with Gasteiger partial charge in [-0.05, 0) is 13.2 Å². The molecule has 8 nitrogen and oxygen atoms in total. The fourth-order valence-corrected chi connectivity index (χ4v) is 2.88. The fourth-order valence-electron chi connectivity index (χ4n) is 2.25. The van der Waals surface area contributed by atoms with Crippen LogP contribution in [0.1, 0.15) is 11.9 Å². The summed E-state index contributed by atoms with van der Waals surface area (Å²) in [4.78, 5) is 16.3. The van der Waals surface area contributed by atoms with Gasteiger partial charge in [-0.1, -0.05) is 11.8 Å². The Balaban J connectivity index is 2.48. The molecule has 4 N–H and O–H groups in total. The molecule has 0 radical (unpaired) electrons. The first-order valence-corrected chi connectivity index (χ1v) is 7.58. The summed E-state index contributed by atoms with van der Waals surface area (Å²) in [6.07, 6.45) is -5.12. The molecule has 1 aromatic heterocycles. The lowest BCUT2D eigenvalue weighted by Crippen LogP contribution is -2.57. The second kappa shape index (κ2) is 6.42.